The quantitative estimate of drug-likeness (QED) is 0.318. The molecule has 1 atom stereocenters. The molecule has 1 aromatic carbocycles. The van der Waals surface area contributed by atoms with Crippen molar-refractivity contribution in [3.8, 4) is 11.6 Å². The number of rotatable bonds is 9. The Morgan fingerprint density at radius 1 is 1.12 bits per heavy atom. The number of carbonyl (C=O) groups excluding carboxylic acids is 1. The maximum absolute atomic E-state index is 12.9. The number of hydrogen-bond donors (Lipinski definition) is 1. The van der Waals surface area contributed by atoms with Crippen LogP contribution >= 0.6 is 23.1 Å². The third-order valence-electron chi connectivity index (χ3n) is 5.18. The Balaban J connectivity index is 1.47. The largest absolute Gasteiger partial charge is 0.461 e. The number of nitrogens with zero attached hydrogens (tertiary/aromatic N) is 3. The van der Waals surface area contributed by atoms with Crippen molar-refractivity contribution in [3.63, 3.8) is 0 Å². The first-order chi connectivity index (χ1) is 15.6. The van der Waals surface area contributed by atoms with Crippen molar-refractivity contribution in [1.82, 2.24) is 20.1 Å². The Morgan fingerprint density at radius 3 is 2.53 bits per heavy atom. The maximum atomic E-state index is 12.9. The molecular weight excluding hydrogens is 440 g/mol. The third-order valence-corrected chi connectivity index (χ3v) is 7.08. The number of hydrogen-bond acceptors (Lipinski definition) is 6. The molecule has 0 saturated carbocycles. The number of thioether (sulfide) groups is 1. The molecule has 0 spiro atoms. The summed E-state index contributed by atoms with van der Waals surface area (Å²) >= 11 is 3.02. The molecule has 0 aliphatic rings. The molecule has 0 bridgehead atoms. The van der Waals surface area contributed by atoms with Gasteiger partial charge in [-0.3, -0.25) is 9.36 Å². The Labute approximate surface area is 196 Å². The molecule has 3 aromatic heterocycles. The molecule has 0 radical (unpaired) electrons. The van der Waals surface area contributed by atoms with Crippen LogP contribution in [0.1, 0.15) is 48.7 Å². The predicted octanol–water partition coefficient (Wildman–Crippen LogP) is 5.74. The first-order valence-corrected chi connectivity index (χ1v) is 12.5. The fraction of sp³-hybridized carbons (Fsp3) is 0.292. The van der Waals surface area contributed by atoms with Gasteiger partial charge in [0.1, 0.15) is 0 Å². The third kappa shape index (κ3) is 4.97. The summed E-state index contributed by atoms with van der Waals surface area (Å²) in [5, 5.41) is 14.4. The van der Waals surface area contributed by atoms with Crippen LogP contribution in [0.3, 0.4) is 0 Å². The molecule has 1 amide bonds. The summed E-state index contributed by atoms with van der Waals surface area (Å²) in [6, 6.07) is 16.1. The van der Waals surface area contributed by atoms with Gasteiger partial charge in [-0.15, -0.1) is 21.5 Å². The molecule has 4 aromatic rings. The normalized spacial score (nSPS) is 12.2. The van der Waals surface area contributed by atoms with E-state index in [1.54, 1.807) is 17.6 Å². The van der Waals surface area contributed by atoms with Crippen molar-refractivity contribution in [1.29, 1.82) is 0 Å². The second-order valence-electron chi connectivity index (χ2n) is 7.65. The van der Waals surface area contributed by atoms with Gasteiger partial charge < -0.3 is 9.73 Å². The van der Waals surface area contributed by atoms with E-state index >= 15 is 0 Å². The summed E-state index contributed by atoms with van der Waals surface area (Å²) < 4.78 is 7.41. The first kappa shape index (κ1) is 22.4. The zero-order valence-corrected chi connectivity index (χ0v) is 20.0. The fourth-order valence-corrected chi connectivity index (χ4v) is 5.06. The minimum atomic E-state index is -0.174. The van der Waals surface area contributed by atoms with Crippen LogP contribution in [0, 0.1) is 0 Å². The summed E-state index contributed by atoms with van der Waals surface area (Å²) in [5.41, 5.74) is 2.36. The van der Waals surface area contributed by atoms with E-state index in [9.17, 15) is 4.79 Å². The molecule has 1 N–H and O–H groups in total. The molecular formula is C24H26N4O2S2. The van der Waals surface area contributed by atoms with E-state index in [-0.39, 0.29) is 17.7 Å². The van der Waals surface area contributed by atoms with E-state index < -0.39 is 0 Å². The average Bonchev–Trinajstić information content (AvgIpc) is 3.57. The fourth-order valence-electron chi connectivity index (χ4n) is 3.45. The van der Waals surface area contributed by atoms with Gasteiger partial charge in [0.25, 0.3) is 0 Å². The van der Waals surface area contributed by atoms with Gasteiger partial charge in [-0.2, -0.15) is 0 Å². The lowest BCUT2D eigenvalue weighted by atomic mass is 9.98. The molecule has 8 heteroatoms. The first-order valence-electron chi connectivity index (χ1n) is 10.6. The van der Waals surface area contributed by atoms with Gasteiger partial charge in [-0.1, -0.05) is 55.9 Å². The second-order valence-corrected chi connectivity index (χ2v) is 9.58. The topological polar surface area (TPSA) is 73.0 Å². The van der Waals surface area contributed by atoms with Crippen LogP contribution in [0.2, 0.25) is 0 Å². The lowest BCUT2D eigenvalue weighted by Crippen LogP contribution is -2.30. The summed E-state index contributed by atoms with van der Waals surface area (Å²) in [4.78, 5) is 14.0. The van der Waals surface area contributed by atoms with Gasteiger partial charge in [0.2, 0.25) is 5.91 Å². The van der Waals surface area contributed by atoms with Crippen molar-refractivity contribution in [3.05, 3.63) is 76.2 Å². The molecule has 4 rings (SSSR count). The number of nitrogens with one attached hydrogen (secondary N) is 1. The van der Waals surface area contributed by atoms with Gasteiger partial charge >= 0.3 is 0 Å². The maximum Gasteiger partial charge on any atom is 0.231 e. The standard InChI is InChI=1S/C24H26N4O2S2/c1-4-28-23(19-7-5-13-30-19)26-27-24(28)32-15-21(29)25-22(20-8-6-14-31-20)18-11-9-17(10-12-18)16(2)3/h5-14,16,22H,4,15H2,1-3H3,(H,25,29). The number of furan rings is 1. The van der Waals surface area contributed by atoms with E-state index in [2.05, 4.69) is 59.7 Å². The van der Waals surface area contributed by atoms with Crippen LogP contribution < -0.4 is 5.32 Å². The predicted molar refractivity (Wildman–Crippen MR) is 129 cm³/mol. The molecule has 166 valence electrons. The molecule has 1 unspecified atom stereocenters. The minimum absolute atomic E-state index is 0.0495. The van der Waals surface area contributed by atoms with E-state index in [0.717, 1.165) is 10.4 Å². The second kappa shape index (κ2) is 10.2. The lowest BCUT2D eigenvalue weighted by Gasteiger charge is -2.19. The van der Waals surface area contributed by atoms with Gasteiger partial charge in [0, 0.05) is 11.4 Å². The van der Waals surface area contributed by atoms with E-state index in [1.807, 2.05) is 35.1 Å². The van der Waals surface area contributed by atoms with Gasteiger partial charge in [0.05, 0.1) is 18.1 Å². The van der Waals surface area contributed by atoms with Crippen molar-refractivity contribution < 1.29 is 9.21 Å². The molecule has 6 nitrogen and oxygen atoms in total. The highest BCUT2D eigenvalue weighted by molar-refractivity contribution is 7.99. The number of benzene rings is 1. The number of amides is 1. The highest BCUT2D eigenvalue weighted by Gasteiger charge is 2.20. The summed E-state index contributed by atoms with van der Waals surface area (Å²) in [7, 11) is 0. The van der Waals surface area contributed by atoms with Gasteiger partial charge in [-0.05, 0) is 47.5 Å². The van der Waals surface area contributed by atoms with Crippen molar-refractivity contribution in [2.45, 2.75) is 44.4 Å². The summed E-state index contributed by atoms with van der Waals surface area (Å²) in [6.07, 6.45) is 1.61. The highest BCUT2D eigenvalue weighted by Crippen LogP contribution is 2.28. The molecule has 0 aliphatic carbocycles. The minimum Gasteiger partial charge on any atom is -0.461 e. The van der Waals surface area contributed by atoms with Crippen molar-refractivity contribution >= 4 is 29.0 Å². The van der Waals surface area contributed by atoms with Gasteiger partial charge in [0.15, 0.2) is 16.7 Å². The molecule has 0 aliphatic heterocycles. The van der Waals surface area contributed by atoms with E-state index in [4.69, 9.17) is 4.42 Å². The Morgan fingerprint density at radius 2 is 1.91 bits per heavy atom. The zero-order chi connectivity index (χ0) is 22.5. The van der Waals surface area contributed by atoms with Crippen LogP contribution in [0.5, 0.6) is 0 Å². The number of carbonyl (C=O) groups is 1. The average molecular weight is 467 g/mol. The molecule has 0 fully saturated rings. The SMILES string of the molecule is CCn1c(SCC(=O)NC(c2ccc(C(C)C)cc2)c2cccs2)nnc1-c1ccco1. The number of thiophene rings is 1. The van der Waals surface area contributed by atoms with Crippen LogP contribution in [-0.4, -0.2) is 26.4 Å². The van der Waals surface area contributed by atoms with E-state index in [1.165, 1.54) is 17.3 Å². The van der Waals surface area contributed by atoms with Crippen molar-refractivity contribution in [2.24, 2.45) is 0 Å². The molecule has 32 heavy (non-hydrogen) atoms. The Bertz CT molecular complexity index is 1130. The van der Waals surface area contributed by atoms with Crippen LogP contribution in [0.4, 0.5) is 0 Å². The molecule has 3 heterocycles. The highest BCUT2D eigenvalue weighted by atomic mass is 32.2. The van der Waals surface area contributed by atoms with Crippen molar-refractivity contribution in [2.75, 3.05) is 5.75 Å². The van der Waals surface area contributed by atoms with Crippen LogP contribution in [0.25, 0.3) is 11.6 Å². The van der Waals surface area contributed by atoms with Crippen LogP contribution in [0.15, 0.2) is 69.7 Å². The lowest BCUT2D eigenvalue weighted by molar-refractivity contribution is -0.119. The Hall–Kier alpha value is -2.84. The number of aromatic nitrogens is 3. The summed E-state index contributed by atoms with van der Waals surface area (Å²) in [6.45, 7) is 7.06. The summed E-state index contributed by atoms with van der Waals surface area (Å²) in [5.74, 6) is 2.01. The van der Waals surface area contributed by atoms with E-state index in [0.29, 0.717) is 29.2 Å². The van der Waals surface area contributed by atoms with Crippen LogP contribution in [-0.2, 0) is 11.3 Å². The Kier molecular flexibility index (Phi) is 7.12. The zero-order valence-electron chi connectivity index (χ0n) is 18.3. The van der Waals surface area contributed by atoms with Gasteiger partial charge in [-0.25, -0.2) is 0 Å². The monoisotopic (exact) mass is 466 g/mol. The molecule has 0 saturated heterocycles. The smallest absolute Gasteiger partial charge is 0.231 e.